The van der Waals surface area contributed by atoms with E-state index in [2.05, 4.69) is 30.2 Å². The molecule has 0 saturated carbocycles. The average Bonchev–Trinajstić information content (AvgIpc) is 3.09. The second-order valence-corrected chi connectivity index (χ2v) is 5.69. The summed E-state index contributed by atoms with van der Waals surface area (Å²) in [5.74, 6) is 0.482. The van der Waals surface area contributed by atoms with Crippen LogP contribution in [-0.4, -0.2) is 36.1 Å². The maximum Gasteiger partial charge on any atom is 0.409 e. The zero-order valence-corrected chi connectivity index (χ0v) is 13.8. The summed E-state index contributed by atoms with van der Waals surface area (Å²) in [6.07, 6.45) is 3.71. The lowest BCUT2D eigenvalue weighted by Crippen LogP contribution is -2.07. The minimum atomic E-state index is -1.15. The molecule has 8 nitrogen and oxygen atoms in total. The number of hydrogen-bond acceptors (Lipinski definition) is 5. The molecule has 0 fully saturated rings. The molecule has 8 heteroatoms. The Morgan fingerprint density at radius 3 is 2.85 bits per heavy atom. The van der Waals surface area contributed by atoms with Gasteiger partial charge in [-0.05, 0) is 31.2 Å². The standard InChI is InChI=1S/C18H14N6O2/c1-10-3-2-4-14(21-10)17-23-15(13-5-6-20-16(13)24-17)11-7-12(9-19-8-11)22-18(25)26/h2-9,22H,1H3,(H,25,26)(H,20,23,24). The number of nitrogens with one attached hydrogen (secondary N) is 2. The number of hydrogen-bond donors (Lipinski definition) is 3. The van der Waals surface area contributed by atoms with Crippen molar-refractivity contribution in [1.82, 2.24) is 24.9 Å². The van der Waals surface area contributed by atoms with Crippen LogP contribution in [0.3, 0.4) is 0 Å². The van der Waals surface area contributed by atoms with Crippen molar-refractivity contribution in [3.63, 3.8) is 0 Å². The molecule has 0 spiro atoms. The molecule has 4 heterocycles. The summed E-state index contributed by atoms with van der Waals surface area (Å²) in [5.41, 5.74) is 3.90. The highest BCUT2D eigenvalue weighted by molar-refractivity contribution is 5.93. The van der Waals surface area contributed by atoms with Crippen molar-refractivity contribution in [1.29, 1.82) is 0 Å². The summed E-state index contributed by atoms with van der Waals surface area (Å²) >= 11 is 0. The molecule has 0 aliphatic carbocycles. The van der Waals surface area contributed by atoms with Crippen LogP contribution in [0.5, 0.6) is 0 Å². The maximum atomic E-state index is 10.9. The Labute approximate surface area is 148 Å². The van der Waals surface area contributed by atoms with Gasteiger partial charge in [0.15, 0.2) is 5.82 Å². The summed E-state index contributed by atoms with van der Waals surface area (Å²) in [7, 11) is 0. The summed E-state index contributed by atoms with van der Waals surface area (Å²) in [5, 5.41) is 12.0. The number of carbonyl (C=O) groups is 1. The van der Waals surface area contributed by atoms with Crippen LogP contribution in [0.25, 0.3) is 33.8 Å². The molecule has 4 aromatic heterocycles. The molecule has 0 radical (unpaired) electrons. The Hall–Kier alpha value is -3.81. The Balaban J connectivity index is 1.89. The monoisotopic (exact) mass is 346 g/mol. The van der Waals surface area contributed by atoms with E-state index in [-0.39, 0.29) is 0 Å². The predicted octanol–water partition coefficient (Wildman–Crippen LogP) is 3.48. The molecular formula is C18H14N6O2. The second-order valence-electron chi connectivity index (χ2n) is 5.69. The van der Waals surface area contributed by atoms with Crippen LogP contribution in [0.2, 0.25) is 0 Å². The first-order chi connectivity index (χ1) is 12.6. The van der Waals surface area contributed by atoms with Gasteiger partial charge >= 0.3 is 6.09 Å². The molecule has 0 bridgehead atoms. The third-order valence-corrected chi connectivity index (χ3v) is 3.80. The lowest BCUT2D eigenvalue weighted by molar-refractivity contribution is 0.209. The van der Waals surface area contributed by atoms with Crippen LogP contribution < -0.4 is 5.32 Å². The topological polar surface area (TPSA) is 117 Å². The van der Waals surface area contributed by atoms with Crippen LogP contribution in [0.1, 0.15) is 5.69 Å². The van der Waals surface area contributed by atoms with Gasteiger partial charge in [-0.1, -0.05) is 6.07 Å². The van der Waals surface area contributed by atoms with Gasteiger partial charge in [-0.2, -0.15) is 0 Å². The number of pyridine rings is 2. The molecule has 4 aromatic rings. The zero-order chi connectivity index (χ0) is 18.1. The quantitative estimate of drug-likeness (QED) is 0.523. The van der Waals surface area contributed by atoms with Crippen LogP contribution >= 0.6 is 0 Å². The van der Waals surface area contributed by atoms with Crippen molar-refractivity contribution in [2.75, 3.05) is 5.32 Å². The summed E-state index contributed by atoms with van der Waals surface area (Å²) < 4.78 is 0. The number of anilines is 1. The third kappa shape index (κ3) is 2.95. The van der Waals surface area contributed by atoms with Gasteiger partial charge in [0.2, 0.25) is 0 Å². The third-order valence-electron chi connectivity index (χ3n) is 3.80. The van der Waals surface area contributed by atoms with Crippen molar-refractivity contribution in [2.45, 2.75) is 6.92 Å². The van der Waals surface area contributed by atoms with Gasteiger partial charge < -0.3 is 10.1 Å². The van der Waals surface area contributed by atoms with E-state index in [1.54, 1.807) is 18.5 Å². The Morgan fingerprint density at radius 1 is 1.15 bits per heavy atom. The van der Waals surface area contributed by atoms with Crippen LogP contribution in [-0.2, 0) is 0 Å². The Kier molecular flexibility index (Phi) is 3.77. The normalized spacial score (nSPS) is 10.8. The maximum absolute atomic E-state index is 10.9. The molecule has 1 amide bonds. The molecule has 0 saturated heterocycles. The number of H-pyrrole nitrogens is 1. The van der Waals surface area contributed by atoms with E-state index >= 15 is 0 Å². The van der Waals surface area contributed by atoms with E-state index in [0.29, 0.717) is 34.1 Å². The zero-order valence-electron chi connectivity index (χ0n) is 13.8. The molecule has 0 aliphatic rings. The van der Waals surface area contributed by atoms with Gasteiger partial charge in [0.25, 0.3) is 0 Å². The van der Waals surface area contributed by atoms with E-state index < -0.39 is 6.09 Å². The van der Waals surface area contributed by atoms with Gasteiger partial charge in [0, 0.05) is 29.0 Å². The fraction of sp³-hybridized carbons (Fsp3) is 0.0556. The largest absolute Gasteiger partial charge is 0.465 e. The van der Waals surface area contributed by atoms with Crippen molar-refractivity contribution in [3.05, 3.63) is 54.6 Å². The lowest BCUT2D eigenvalue weighted by atomic mass is 10.1. The van der Waals surface area contributed by atoms with Crippen LogP contribution in [0.4, 0.5) is 10.5 Å². The molecule has 3 N–H and O–H groups in total. The predicted molar refractivity (Wildman–Crippen MR) is 96.7 cm³/mol. The summed E-state index contributed by atoms with van der Waals surface area (Å²) in [6, 6.07) is 9.21. The van der Waals surface area contributed by atoms with Gasteiger partial charge in [-0.15, -0.1) is 0 Å². The number of fused-ring (bicyclic) bond motifs is 1. The van der Waals surface area contributed by atoms with Crippen LogP contribution in [0, 0.1) is 6.92 Å². The molecule has 0 atom stereocenters. The van der Waals surface area contributed by atoms with E-state index in [9.17, 15) is 4.79 Å². The highest BCUT2D eigenvalue weighted by atomic mass is 16.4. The molecule has 0 unspecified atom stereocenters. The molecule has 0 aliphatic heterocycles. The fourth-order valence-electron chi connectivity index (χ4n) is 2.70. The van der Waals surface area contributed by atoms with Crippen molar-refractivity contribution in [3.8, 4) is 22.8 Å². The molecule has 0 aromatic carbocycles. The van der Waals surface area contributed by atoms with E-state index in [1.807, 2.05) is 31.2 Å². The van der Waals surface area contributed by atoms with Crippen LogP contribution in [0.15, 0.2) is 48.9 Å². The fourth-order valence-corrected chi connectivity index (χ4v) is 2.70. The minimum absolute atomic E-state index is 0.368. The lowest BCUT2D eigenvalue weighted by Gasteiger charge is -2.08. The van der Waals surface area contributed by atoms with Gasteiger partial charge in [-0.25, -0.2) is 19.7 Å². The van der Waals surface area contributed by atoms with E-state index in [0.717, 1.165) is 11.1 Å². The Morgan fingerprint density at radius 2 is 2.04 bits per heavy atom. The number of nitrogens with zero attached hydrogens (tertiary/aromatic N) is 4. The summed E-state index contributed by atoms with van der Waals surface area (Å²) in [4.78, 5) is 31.8. The molecular weight excluding hydrogens is 332 g/mol. The number of aromatic nitrogens is 5. The van der Waals surface area contributed by atoms with Gasteiger partial charge in [-0.3, -0.25) is 10.3 Å². The Bertz CT molecular complexity index is 1120. The van der Waals surface area contributed by atoms with Crippen molar-refractivity contribution >= 4 is 22.8 Å². The highest BCUT2D eigenvalue weighted by Crippen LogP contribution is 2.29. The van der Waals surface area contributed by atoms with Crippen molar-refractivity contribution < 1.29 is 9.90 Å². The number of amides is 1. The molecule has 26 heavy (non-hydrogen) atoms. The van der Waals surface area contributed by atoms with E-state index in [4.69, 9.17) is 5.11 Å². The number of aryl methyl sites for hydroxylation is 1. The molecule has 128 valence electrons. The number of aromatic amines is 1. The first-order valence-corrected chi connectivity index (χ1v) is 7.85. The first-order valence-electron chi connectivity index (χ1n) is 7.85. The second kappa shape index (κ2) is 6.25. The minimum Gasteiger partial charge on any atom is -0.465 e. The SMILES string of the molecule is Cc1cccc(-c2nc(-c3cncc(NC(=O)O)c3)c3cc[nH]c3n2)n1. The number of carboxylic acid groups (broad SMARTS) is 1. The highest BCUT2D eigenvalue weighted by Gasteiger charge is 2.14. The summed E-state index contributed by atoms with van der Waals surface area (Å²) in [6.45, 7) is 1.91. The molecule has 4 rings (SSSR count). The van der Waals surface area contributed by atoms with Crippen molar-refractivity contribution in [2.24, 2.45) is 0 Å². The number of rotatable bonds is 3. The van der Waals surface area contributed by atoms with E-state index in [1.165, 1.54) is 6.20 Å². The van der Waals surface area contributed by atoms with Gasteiger partial charge in [0.1, 0.15) is 11.3 Å². The van der Waals surface area contributed by atoms with Gasteiger partial charge in [0.05, 0.1) is 17.6 Å². The first kappa shape index (κ1) is 15.7. The average molecular weight is 346 g/mol. The smallest absolute Gasteiger partial charge is 0.409 e.